The number of amides is 4. The molecule has 0 aromatic carbocycles. The molecular weight excluding hydrogens is 300 g/mol. The smallest absolute Gasteiger partial charge is 0.405 e. The number of carbonyl (C=O) groups excluding carboxylic acids is 2. The van der Waals surface area contributed by atoms with Gasteiger partial charge in [-0.3, -0.25) is 4.79 Å². The number of nitrogens with one attached hydrogen (secondary N) is 2. The standard InChI is InChI=1S/C15H26N4O4/c1-15(2,3)11(17-14(22)23)12(20)18-7-4-10(5-8-18)19-9-6-16-13(19)21/h10-11,17H,4-9H2,1-3H3,(H,16,21)(H,22,23)/t11-/m0/s1. The van der Waals surface area contributed by atoms with Crippen molar-refractivity contribution in [3.05, 3.63) is 0 Å². The highest BCUT2D eigenvalue weighted by Crippen LogP contribution is 2.24. The summed E-state index contributed by atoms with van der Waals surface area (Å²) in [7, 11) is 0. The molecule has 0 saturated carbocycles. The second kappa shape index (κ2) is 6.64. The number of urea groups is 1. The molecule has 8 heteroatoms. The molecule has 0 bridgehead atoms. The normalized spacial score (nSPS) is 21.1. The summed E-state index contributed by atoms with van der Waals surface area (Å²) in [5, 5.41) is 14.1. The topological polar surface area (TPSA) is 102 Å². The molecule has 2 rings (SSSR count). The molecule has 0 unspecified atom stereocenters. The summed E-state index contributed by atoms with van der Waals surface area (Å²) in [5.74, 6) is -0.191. The highest BCUT2D eigenvalue weighted by atomic mass is 16.4. The van der Waals surface area contributed by atoms with Crippen LogP contribution in [0.15, 0.2) is 0 Å². The molecule has 2 aliphatic heterocycles. The maximum Gasteiger partial charge on any atom is 0.405 e. The zero-order valence-corrected chi connectivity index (χ0v) is 14.0. The minimum atomic E-state index is -1.19. The highest BCUT2D eigenvalue weighted by molar-refractivity contribution is 5.86. The Kier molecular flexibility index (Phi) is 5.01. The molecule has 0 aromatic rings. The zero-order valence-electron chi connectivity index (χ0n) is 14.0. The Hall–Kier alpha value is -1.99. The molecule has 8 nitrogen and oxygen atoms in total. The van der Waals surface area contributed by atoms with Gasteiger partial charge in [0, 0.05) is 32.2 Å². The van der Waals surface area contributed by atoms with Crippen LogP contribution in [0.1, 0.15) is 33.6 Å². The van der Waals surface area contributed by atoms with E-state index in [9.17, 15) is 14.4 Å². The first-order chi connectivity index (χ1) is 10.7. The molecule has 2 fully saturated rings. The molecule has 2 aliphatic rings. The fraction of sp³-hybridized carbons (Fsp3) is 0.800. The summed E-state index contributed by atoms with van der Waals surface area (Å²) in [6.07, 6.45) is 0.258. The molecule has 4 amide bonds. The van der Waals surface area contributed by atoms with Crippen molar-refractivity contribution in [3.63, 3.8) is 0 Å². The van der Waals surface area contributed by atoms with Gasteiger partial charge in [0.1, 0.15) is 6.04 Å². The van der Waals surface area contributed by atoms with Crippen LogP contribution in [0.3, 0.4) is 0 Å². The zero-order chi connectivity index (χ0) is 17.2. The minimum absolute atomic E-state index is 0.0325. The van der Waals surface area contributed by atoms with E-state index in [1.807, 2.05) is 25.7 Å². The van der Waals surface area contributed by atoms with Gasteiger partial charge in [-0.25, -0.2) is 9.59 Å². The number of piperidine rings is 1. The van der Waals surface area contributed by atoms with Crippen molar-refractivity contribution in [3.8, 4) is 0 Å². The van der Waals surface area contributed by atoms with Gasteiger partial charge in [-0.2, -0.15) is 0 Å². The van der Waals surface area contributed by atoms with E-state index in [2.05, 4.69) is 10.6 Å². The van der Waals surface area contributed by atoms with Crippen LogP contribution in [0.2, 0.25) is 0 Å². The van der Waals surface area contributed by atoms with Crippen molar-refractivity contribution in [2.45, 2.75) is 45.7 Å². The van der Waals surface area contributed by atoms with Crippen molar-refractivity contribution < 1.29 is 19.5 Å². The third kappa shape index (κ3) is 4.05. The summed E-state index contributed by atoms with van der Waals surface area (Å²) in [5.41, 5.74) is -0.499. The quantitative estimate of drug-likeness (QED) is 0.710. The van der Waals surface area contributed by atoms with E-state index in [1.165, 1.54) is 0 Å². The lowest BCUT2D eigenvalue weighted by Crippen LogP contribution is -2.57. The van der Waals surface area contributed by atoms with Crippen molar-refractivity contribution in [1.82, 2.24) is 20.4 Å². The molecule has 0 aromatic heterocycles. The number of hydrogen-bond acceptors (Lipinski definition) is 3. The lowest BCUT2D eigenvalue weighted by Gasteiger charge is -2.39. The summed E-state index contributed by atoms with van der Waals surface area (Å²) in [6, 6.07) is -0.649. The van der Waals surface area contributed by atoms with Gasteiger partial charge < -0.3 is 25.5 Å². The SMILES string of the molecule is CC(C)(C)[C@@H](NC(=O)O)C(=O)N1CCC(N2CCNC2=O)CC1. The monoisotopic (exact) mass is 326 g/mol. The van der Waals surface area contributed by atoms with E-state index >= 15 is 0 Å². The molecule has 2 heterocycles. The van der Waals surface area contributed by atoms with E-state index in [4.69, 9.17) is 5.11 Å². The van der Waals surface area contributed by atoms with Crippen LogP contribution >= 0.6 is 0 Å². The first kappa shape index (κ1) is 17.4. The third-order valence-electron chi connectivity index (χ3n) is 4.49. The van der Waals surface area contributed by atoms with Gasteiger partial charge in [0.2, 0.25) is 5.91 Å². The van der Waals surface area contributed by atoms with E-state index < -0.39 is 17.6 Å². The maximum atomic E-state index is 12.7. The Morgan fingerprint density at radius 3 is 2.30 bits per heavy atom. The average molecular weight is 326 g/mol. The lowest BCUT2D eigenvalue weighted by molar-refractivity contribution is -0.137. The van der Waals surface area contributed by atoms with Crippen molar-refractivity contribution in [2.75, 3.05) is 26.2 Å². The first-order valence-corrected chi connectivity index (χ1v) is 8.03. The van der Waals surface area contributed by atoms with Gasteiger partial charge in [0.15, 0.2) is 0 Å². The number of likely N-dealkylation sites (tertiary alicyclic amines) is 1. The molecule has 23 heavy (non-hydrogen) atoms. The fourth-order valence-electron chi connectivity index (χ4n) is 3.19. The number of nitrogens with zero attached hydrogens (tertiary/aromatic N) is 2. The molecule has 1 atom stereocenters. The number of hydrogen-bond donors (Lipinski definition) is 3. The average Bonchev–Trinajstić information content (AvgIpc) is 2.89. The largest absolute Gasteiger partial charge is 0.465 e. The van der Waals surface area contributed by atoms with Gasteiger partial charge in [-0.1, -0.05) is 20.8 Å². The van der Waals surface area contributed by atoms with E-state index in [1.54, 1.807) is 4.90 Å². The maximum absolute atomic E-state index is 12.7. The minimum Gasteiger partial charge on any atom is -0.465 e. The Morgan fingerprint density at radius 1 is 1.26 bits per heavy atom. The Morgan fingerprint density at radius 2 is 1.87 bits per heavy atom. The van der Waals surface area contributed by atoms with Crippen LogP contribution < -0.4 is 10.6 Å². The predicted octanol–water partition coefficient (Wildman–Crippen LogP) is 0.685. The van der Waals surface area contributed by atoms with Gasteiger partial charge in [0.05, 0.1) is 0 Å². The van der Waals surface area contributed by atoms with Crippen LogP contribution in [0.5, 0.6) is 0 Å². The molecule has 2 saturated heterocycles. The molecule has 0 spiro atoms. The first-order valence-electron chi connectivity index (χ1n) is 8.03. The summed E-state index contributed by atoms with van der Waals surface area (Å²) >= 11 is 0. The van der Waals surface area contributed by atoms with Crippen LogP contribution in [0.25, 0.3) is 0 Å². The summed E-state index contributed by atoms with van der Waals surface area (Å²) in [4.78, 5) is 38.9. The summed E-state index contributed by atoms with van der Waals surface area (Å²) in [6.45, 7) is 7.99. The van der Waals surface area contributed by atoms with Crippen molar-refractivity contribution >= 4 is 18.0 Å². The molecule has 3 N–H and O–H groups in total. The Labute approximate surface area is 136 Å². The number of carbonyl (C=O) groups is 3. The number of rotatable bonds is 3. The summed E-state index contributed by atoms with van der Waals surface area (Å²) < 4.78 is 0. The van der Waals surface area contributed by atoms with Crippen molar-refractivity contribution in [1.29, 1.82) is 0 Å². The second-order valence-corrected chi connectivity index (χ2v) is 7.23. The van der Waals surface area contributed by atoms with Crippen molar-refractivity contribution in [2.24, 2.45) is 5.41 Å². The second-order valence-electron chi connectivity index (χ2n) is 7.23. The molecular formula is C15H26N4O4. The third-order valence-corrected chi connectivity index (χ3v) is 4.49. The molecule has 0 radical (unpaired) electrons. The van der Waals surface area contributed by atoms with Crippen LogP contribution in [0.4, 0.5) is 9.59 Å². The van der Waals surface area contributed by atoms with E-state index in [0.717, 1.165) is 12.8 Å². The van der Waals surface area contributed by atoms with Gasteiger partial charge in [0.25, 0.3) is 0 Å². The molecule has 130 valence electrons. The fourth-order valence-corrected chi connectivity index (χ4v) is 3.19. The predicted molar refractivity (Wildman–Crippen MR) is 84.1 cm³/mol. The van der Waals surface area contributed by atoms with E-state index in [-0.39, 0.29) is 18.0 Å². The van der Waals surface area contributed by atoms with Gasteiger partial charge in [-0.15, -0.1) is 0 Å². The number of carboxylic acid groups (broad SMARTS) is 1. The van der Waals surface area contributed by atoms with Crippen LogP contribution in [-0.4, -0.2) is 71.2 Å². The van der Waals surface area contributed by atoms with Gasteiger partial charge in [-0.05, 0) is 18.3 Å². The van der Waals surface area contributed by atoms with Crippen LogP contribution in [0, 0.1) is 5.41 Å². The van der Waals surface area contributed by atoms with Crippen LogP contribution in [-0.2, 0) is 4.79 Å². The highest BCUT2D eigenvalue weighted by Gasteiger charge is 2.38. The Bertz CT molecular complexity index is 480. The molecule has 0 aliphatic carbocycles. The van der Waals surface area contributed by atoms with Gasteiger partial charge >= 0.3 is 12.1 Å². The van der Waals surface area contributed by atoms with E-state index in [0.29, 0.717) is 26.2 Å². The Balaban J connectivity index is 1.96. The lowest BCUT2D eigenvalue weighted by atomic mass is 9.85.